The molecule has 0 unspecified atom stereocenters. The van der Waals surface area contributed by atoms with E-state index in [1.54, 1.807) is 11.8 Å². The average Bonchev–Trinajstić information content (AvgIpc) is 2.66. The Morgan fingerprint density at radius 1 is 1.17 bits per heavy atom. The number of thioether (sulfide) groups is 1. The van der Waals surface area contributed by atoms with Crippen LogP contribution in [0.5, 0.6) is 0 Å². The Bertz CT molecular complexity index is 626. The second-order valence-electron chi connectivity index (χ2n) is 8.38. The Morgan fingerprint density at radius 2 is 1.86 bits per heavy atom. The lowest BCUT2D eigenvalue weighted by atomic mass is 10.0. The Labute approximate surface area is 179 Å². The first kappa shape index (κ1) is 23.5. The van der Waals surface area contributed by atoms with Crippen LogP contribution in [0.1, 0.15) is 46.5 Å². The molecule has 1 aromatic carbocycles. The van der Waals surface area contributed by atoms with Crippen LogP contribution in [0, 0.1) is 0 Å². The van der Waals surface area contributed by atoms with Gasteiger partial charge in [0.05, 0.1) is 0 Å². The highest BCUT2D eigenvalue weighted by Crippen LogP contribution is 2.16. The molecule has 1 aliphatic heterocycles. The van der Waals surface area contributed by atoms with Gasteiger partial charge in [-0.25, -0.2) is 4.79 Å². The number of carbonyl (C=O) groups excluding carboxylic acids is 2. The highest BCUT2D eigenvalue weighted by Gasteiger charge is 2.23. The molecule has 2 N–H and O–H groups in total. The molecule has 2 amide bonds. The zero-order valence-electron chi connectivity index (χ0n) is 17.9. The monoisotopic (exact) mass is 421 g/mol. The van der Waals surface area contributed by atoms with Crippen LogP contribution >= 0.6 is 11.8 Å². The highest BCUT2D eigenvalue weighted by molar-refractivity contribution is 7.99. The fourth-order valence-electron chi connectivity index (χ4n) is 3.20. The number of alkyl carbamates (subject to hydrolysis) is 1. The van der Waals surface area contributed by atoms with Gasteiger partial charge in [-0.3, -0.25) is 4.79 Å². The van der Waals surface area contributed by atoms with Crippen LogP contribution in [0.25, 0.3) is 0 Å². The second kappa shape index (κ2) is 12.1. The molecule has 0 bridgehead atoms. The number of amides is 2. The van der Waals surface area contributed by atoms with Crippen LogP contribution in [0.15, 0.2) is 35.2 Å². The van der Waals surface area contributed by atoms with Gasteiger partial charge in [0, 0.05) is 42.7 Å². The number of carbonyl (C=O) groups is 2. The molecule has 0 saturated carbocycles. The van der Waals surface area contributed by atoms with Crippen molar-refractivity contribution in [1.82, 2.24) is 15.5 Å². The van der Waals surface area contributed by atoms with Gasteiger partial charge in [0.1, 0.15) is 5.60 Å². The van der Waals surface area contributed by atoms with Gasteiger partial charge in [0.25, 0.3) is 0 Å². The number of rotatable bonds is 9. The van der Waals surface area contributed by atoms with E-state index in [0.717, 1.165) is 44.6 Å². The Hall–Kier alpha value is -1.73. The molecule has 29 heavy (non-hydrogen) atoms. The van der Waals surface area contributed by atoms with Gasteiger partial charge in [-0.1, -0.05) is 18.2 Å². The number of likely N-dealkylation sites (tertiary alicyclic amines) is 1. The van der Waals surface area contributed by atoms with E-state index >= 15 is 0 Å². The predicted molar refractivity (Wildman–Crippen MR) is 118 cm³/mol. The largest absolute Gasteiger partial charge is 0.444 e. The van der Waals surface area contributed by atoms with E-state index in [4.69, 9.17) is 4.74 Å². The topological polar surface area (TPSA) is 70.7 Å². The van der Waals surface area contributed by atoms with Gasteiger partial charge in [-0.2, -0.15) is 0 Å². The first-order valence-corrected chi connectivity index (χ1v) is 11.5. The minimum Gasteiger partial charge on any atom is -0.444 e. The quantitative estimate of drug-likeness (QED) is 0.470. The Morgan fingerprint density at radius 3 is 2.52 bits per heavy atom. The molecular weight excluding hydrogens is 386 g/mol. The van der Waals surface area contributed by atoms with E-state index in [1.807, 2.05) is 39.0 Å². The van der Waals surface area contributed by atoms with Crippen LogP contribution in [0.4, 0.5) is 4.79 Å². The zero-order chi connectivity index (χ0) is 21.1. The first-order chi connectivity index (χ1) is 13.8. The average molecular weight is 422 g/mol. The maximum absolute atomic E-state index is 12.0. The van der Waals surface area contributed by atoms with Crippen LogP contribution in [-0.2, 0) is 9.53 Å². The standard InChI is InChI=1S/C22H35N3O3S/c1-22(2,3)28-21(27)24-18-11-15-25(16-12-18)14-7-10-20(26)23-13-17-29-19-8-5-4-6-9-19/h4-6,8-9,18H,7,10-17H2,1-3H3,(H,23,26)(H,24,27). The van der Waals surface area contributed by atoms with Gasteiger partial charge in [-0.05, 0) is 58.7 Å². The van der Waals surface area contributed by atoms with Crippen LogP contribution in [-0.4, -0.2) is 60.5 Å². The molecule has 0 spiro atoms. The van der Waals surface area contributed by atoms with E-state index < -0.39 is 5.60 Å². The van der Waals surface area contributed by atoms with Crippen LogP contribution in [0.2, 0.25) is 0 Å². The molecule has 0 aliphatic carbocycles. The fraction of sp³-hybridized carbons (Fsp3) is 0.636. The summed E-state index contributed by atoms with van der Waals surface area (Å²) in [5.74, 6) is 1.01. The predicted octanol–water partition coefficient (Wildman–Crippen LogP) is 3.66. The minimum absolute atomic E-state index is 0.125. The van der Waals surface area contributed by atoms with Gasteiger partial charge in [0.15, 0.2) is 0 Å². The smallest absolute Gasteiger partial charge is 0.407 e. The molecule has 1 saturated heterocycles. The SMILES string of the molecule is CC(C)(C)OC(=O)NC1CCN(CCCC(=O)NCCSc2ccccc2)CC1. The molecule has 0 aromatic heterocycles. The minimum atomic E-state index is -0.467. The molecule has 1 fully saturated rings. The van der Waals surface area contributed by atoms with Gasteiger partial charge < -0.3 is 20.3 Å². The van der Waals surface area contributed by atoms with Gasteiger partial charge >= 0.3 is 6.09 Å². The lowest BCUT2D eigenvalue weighted by molar-refractivity contribution is -0.121. The van der Waals surface area contributed by atoms with E-state index in [2.05, 4.69) is 27.7 Å². The summed E-state index contributed by atoms with van der Waals surface area (Å²) in [5, 5.41) is 5.95. The summed E-state index contributed by atoms with van der Waals surface area (Å²) in [6.45, 7) is 9.10. The summed E-state index contributed by atoms with van der Waals surface area (Å²) in [6.07, 6.45) is 2.93. The highest BCUT2D eigenvalue weighted by atomic mass is 32.2. The van der Waals surface area contributed by atoms with Crippen molar-refractivity contribution in [3.05, 3.63) is 30.3 Å². The van der Waals surface area contributed by atoms with E-state index in [9.17, 15) is 9.59 Å². The molecule has 0 radical (unpaired) electrons. The van der Waals surface area contributed by atoms with Crippen LogP contribution in [0.3, 0.4) is 0 Å². The summed E-state index contributed by atoms with van der Waals surface area (Å²) in [4.78, 5) is 27.4. The summed E-state index contributed by atoms with van der Waals surface area (Å²) in [7, 11) is 0. The van der Waals surface area contributed by atoms with Crippen molar-refractivity contribution in [1.29, 1.82) is 0 Å². The Balaban J connectivity index is 1.49. The maximum Gasteiger partial charge on any atom is 0.407 e. The van der Waals surface area contributed by atoms with E-state index in [-0.39, 0.29) is 18.0 Å². The first-order valence-electron chi connectivity index (χ1n) is 10.5. The summed E-state index contributed by atoms with van der Waals surface area (Å²) >= 11 is 1.75. The molecule has 7 heteroatoms. The van der Waals surface area contributed by atoms with E-state index in [1.165, 1.54) is 4.90 Å². The molecule has 1 aromatic rings. The third kappa shape index (κ3) is 10.6. The molecule has 0 atom stereocenters. The normalized spacial score (nSPS) is 15.7. The van der Waals surface area contributed by atoms with Gasteiger partial charge in [-0.15, -0.1) is 11.8 Å². The third-order valence-electron chi connectivity index (χ3n) is 4.62. The molecule has 6 nitrogen and oxygen atoms in total. The summed E-state index contributed by atoms with van der Waals surface area (Å²) < 4.78 is 5.31. The number of piperidine rings is 1. The van der Waals surface area contributed by atoms with Crippen molar-refractivity contribution in [2.75, 3.05) is 31.9 Å². The lowest BCUT2D eigenvalue weighted by Crippen LogP contribution is -2.46. The third-order valence-corrected chi connectivity index (χ3v) is 5.64. The number of hydrogen-bond acceptors (Lipinski definition) is 5. The fourth-order valence-corrected chi connectivity index (χ4v) is 3.99. The molecule has 2 rings (SSSR count). The number of ether oxygens (including phenoxy) is 1. The van der Waals surface area contributed by atoms with Crippen LogP contribution < -0.4 is 10.6 Å². The number of benzene rings is 1. The number of nitrogens with one attached hydrogen (secondary N) is 2. The van der Waals surface area contributed by atoms with E-state index in [0.29, 0.717) is 13.0 Å². The lowest BCUT2D eigenvalue weighted by Gasteiger charge is -2.32. The second-order valence-corrected chi connectivity index (χ2v) is 9.55. The molecule has 162 valence electrons. The van der Waals surface area contributed by atoms with Crippen molar-refractivity contribution in [3.8, 4) is 0 Å². The van der Waals surface area contributed by atoms with Crippen molar-refractivity contribution in [2.45, 2.75) is 63.0 Å². The maximum atomic E-state index is 12.0. The molecule has 1 heterocycles. The Kier molecular flexibility index (Phi) is 9.81. The molecule has 1 aliphatic rings. The number of hydrogen-bond donors (Lipinski definition) is 2. The van der Waals surface area contributed by atoms with Crippen molar-refractivity contribution in [3.63, 3.8) is 0 Å². The van der Waals surface area contributed by atoms with Crippen molar-refractivity contribution in [2.24, 2.45) is 0 Å². The summed E-state index contributed by atoms with van der Waals surface area (Å²) in [5.41, 5.74) is -0.467. The van der Waals surface area contributed by atoms with Gasteiger partial charge in [0.2, 0.25) is 5.91 Å². The summed E-state index contributed by atoms with van der Waals surface area (Å²) in [6, 6.07) is 10.4. The zero-order valence-corrected chi connectivity index (χ0v) is 18.7. The van der Waals surface area contributed by atoms with Crippen molar-refractivity contribution >= 4 is 23.8 Å². The van der Waals surface area contributed by atoms with Crippen molar-refractivity contribution < 1.29 is 14.3 Å². The molecular formula is C22H35N3O3S. The number of nitrogens with zero attached hydrogens (tertiary/aromatic N) is 1.